The van der Waals surface area contributed by atoms with Crippen molar-refractivity contribution in [2.45, 2.75) is 51.7 Å². The number of carbonyl (C=O) groups is 2. The monoisotopic (exact) mass is 469 g/mol. The van der Waals surface area contributed by atoms with E-state index in [9.17, 15) is 27.9 Å². The fourth-order valence-electron chi connectivity index (χ4n) is 4.56. The number of nitrogens with zero attached hydrogens (tertiary/aromatic N) is 2. The zero-order valence-electron chi connectivity index (χ0n) is 18.9. The quantitative estimate of drug-likeness (QED) is 0.492. The van der Waals surface area contributed by atoms with Crippen LogP contribution in [0.3, 0.4) is 0 Å². The van der Waals surface area contributed by atoms with Gasteiger partial charge in [-0.25, -0.2) is 4.79 Å². The first-order valence-electron chi connectivity index (χ1n) is 10.9. The summed E-state index contributed by atoms with van der Waals surface area (Å²) >= 11 is 0. The van der Waals surface area contributed by atoms with Crippen molar-refractivity contribution in [3.8, 4) is 5.75 Å². The number of alkyl halides is 3. The number of hydrogen-bond donors (Lipinski definition) is 4. The summed E-state index contributed by atoms with van der Waals surface area (Å²) in [5, 5.41) is 22.8. The third-order valence-corrected chi connectivity index (χ3v) is 6.09. The van der Waals surface area contributed by atoms with Crippen LogP contribution in [-0.2, 0) is 11.0 Å². The van der Waals surface area contributed by atoms with Crippen LogP contribution >= 0.6 is 0 Å². The Labute approximate surface area is 190 Å². The van der Waals surface area contributed by atoms with E-state index in [1.807, 2.05) is 13.8 Å². The van der Waals surface area contributed by atoms with Gasteiger partial charge in [0.1, 0.15) is 11.3 Å². The van der Waals surface area contributed by atoms with Crippen molar-refractivity contribution < 1.29 is 27.9 Å². The molecule has 2 aliphatic rings. The molecule has 0 spiro atoms. The number of hydrogen-bond acceptors (Lipinski definition) is 4. The van der Waals surface area contributed by atoms with Gasteiger partial charge >= 0.3 is 12.2 Å². The molecule has 182 valence electrons. The van der Waals surface area contributed by atoms with Gasteiger partial charge in [0, 0.05) is 19.6 Å². The highest BCUT2D eigenvalue weighted by atomic mass is 19.4. The molecule has 3 rings (SSSR count). The summed E-state index contributed by atoms with van der Waals surface area (Å²) in [5.74, 6) is -0.237. The van der Waals surface area contributed by atoms with Crippen LogP contribution in [-0.4, -0.2) is 58.0 Å². The van der Waals surface area contributed by atoms with Crippen molar-refractivity contribution in [1.82, 2.24) is 15.1 Å². The number of benzene rings is 1. The minimum absolute atomic E-state index is 0.0703. The van der Waals surface area contributed by atoms with Crippen LogP contribution in [0.25, 0.3) is 0 Å². The zero-order chi connectivity index (χ0) is 24.6. The molecular formula is C22H30F3N5O3. The molecule has 0 aliphatic carbocycles. The highest BCUT2D eigenvalue weighted by Crippen LogP contribution is 2.37. The fourth-order valence-corrected chi connectivity index (χ4v) is 4.56. The fraction of sp³-hybridized carbons (Fsp3) is 0.591. The number of urea groups is 1. The summed E-state index contributed by atoms with van der Waals surface area (Å²) in [5.41, 5.74) is -2.33. The Morgan fingerprint density at radius 3 is 2.55 bits per heavy atom. The molecule has 1 aromatic rings. The summed E-state index contributed by atoms with van der Waals surface area (Å²) in [7, 11) is 0. The minimum Gasteiger partial charge on any atom is -0.508 e. The highest BCUT2D eigenvalue weighted by Gasteiger charge is 2.46. The van der Waals surface area contributed by atoms with E-state index in [1.54, 1.807) is 6.92 Å². The van der Waals surface area contributed by atoms with Crippen LogP contribution in [0, 0.1) is 17.2 Å². The van der Waals surface area contributed by atoms with Crippen molar-refractivity contribution in [1.29, 1.82) is 5.41 Å². The van der Waals surface area contributed by atoms with Crippen LogP contribution in [0.2, 0.25) is 0 Å². The van der Waals surface area contributed by atoms with Crippen molar-refractivity contribution in [3.05, 3.63) is 23.8 Å². The molecule has 0 radical (unpaired) electrons. The largest absolute Gasteiger partial charge is 0.508 e. The van der Waals surface area contributed by atoms with E-state index >= 15 is 0 Å². The average molecular weight is 470 g/mol. The van der Waals surface area contributed by atoms with E-state index in [1.165, 1.54) is 9.80 Å². The molecule has 0 aromatic heterocycles. The molecule has 0 saturated carbocycles. The normalized spacial score (nSPS) is 22.2. The van der Waals surface area contributed by atoms with Gasteiger partial charge in [0.05, 0.1) is 11.3 Å². The summed E-state index contributed by atoms with van der Waals surface area (Å²) < 4.78 is 39.7. The maximum atomic E-state index is 13.2. The summed E-state index contributed by atoms with van der Waals surface area (Å²) in [6, 6.07) is 2.03. The smallest absolute Gasteiger partial charge is 0.418 e. The Kier molecular flexibility index (Phi) is 6.80. The lowest BCUT2D eigenvalue weighted by Crippen LogP contribution is -2.46. The van der Waals surface area contributed by atoms with Crippen LogP contribution in [0.1, 0.15) is 45.6 Å². The molecule has 3 amide bonds. The summed E-state index contributed by atoms with van der Waals surface area (Å²) in [6.45, 7) is 6.84. The zero-order valence-corrected chi connectivity index (χ0v) is 18.9. The third-order valence-electron chi connectivity index (χ3n) is 6.09. The lowest BCUT2D eigenvalue weighted by atomic mass is 9.90. The summed E-state index contributed by atoms with van der Waals surface area (Å²) in [6.07, 6.45) is -2.99. The molecule has 0 bridgehead atoms. The number of phenolic OH excluding ortho intramolecular Hbond substituents is 1. The van der Waals surface area contributed by atoms with Gasteiger partial charge in [0.25, 0.3) is 5.91 Å². The summed E-state index contributed by atoms with van der Waals surface area (Å²) in [4.78, 5) is 28.3. The molecule has 2 fully saturated rings. The minimum atomic E-state index is -4.72. The van der Waals surface area contributed by atoms with Crippen molar-refractivity contribution >= 4 is 23.6 Å². The Bertz CT molecular complexity index is 928. The predicted molar refractivity (Wildman–Crippen MR) is 117 cm³/mol. The first-order valence-corrected chi connectivity index (χ1v) is 10.9. The molecule has 1 aromatic carbocycles. The van der Waals surface area contributed by atoms with Gasteiger partial charge in [0.2, 0.25) is 0 Å². The van der Waals surface area contributed by atoms with Gasteiger partial charge in [0.15, 0.2) is 5.96 Å². The molecule has 11 heteroatoms. The van der Waals surface area contributed by atoms with Gasteiger partial charge in [-0.3, -0.25) is 15.1 Å². The Balaban J connectivity index is 1.57. The average Bonchev–Trinajstić information content (AvgIpc) is 2.91. The van der Waals surface area contributed by atoms with E-state index < -0.39 is 34.7 Å². The number of aromatic hydroxyl groups is 1. The number of anilines is 1. The number of halogens is 3. The van der Waals surface area contributed by atoms with Crippen LogP contribution < -0.4 is 10.6 Å². The number of piperidine rings is 1. The standard InChI is InChI=1S/C22H30F3N5O3/c1-13(2)11-21(3)18(32)30(19(26)28-21)12-14-6-8-29(9-7-14)20(33)27-17-5-4-15(31)10-16(17)22(23,24)25/h4-5,10,13-14,31H,6-9,11-12H2,1-3H3,(H2,26,28)(H,27,33). The van der Waals surface area contributed by atoms with Crippen LogP contribution in [0.5, 0.6) is 5.75 Å². The third kappa shape index (κ3) is 5.51. The molecule has 33 heavy (non-hydrogen) atoms. The van der Waals surface area contributed by atoms with Gasteiger partial charge in [-0.2, -0.15) is 13.2 Å². The van der Waals surface area contributed by atoms with Gasteiger partial charge < -0.3 is 20.6 Å². The van der Waals surface area contributed by atoms with Crippen molar-refractivity contribution in [2.24, 2.45) is 11.8 Å². The van der Waals surface area contributed by atoms with Crippen molar-refractivity contribution in [3.63, 3.8) is 0 Å². The van der Waals surface area contributed by atoms with Crippen LogP contribution in [0.15, 0.2) is 18.2 Å². The van der Waals surface area contributed by atoms with Crippen molar-refractivity contribution in [2.75, 3.05) is 25.0 Å². The maximum Gasteiger partial charge on any atom is 0.418 e. The number of phenols is 1. The highest BCUT2D eigenvalue weighted by molar-refractivity contribution is 6.07. The molecule has 1 unspecified atom stereocenters. The Hall–Kier alpha value is -2.98. The lowest BCUT2D eigenvalue weighted by molar-refractivity contribution is -0.137. The molecule has 1 atom stereocenters. The molecule has 8 nitrogen and oxygen atoms in total. The maximum absolute atomic E-state index is 13.2. The Morgan fingerprint density at radius 1 is 1.33 bits per heavy atom. The number of amides is 3. The van der Waals surface area contributed by atoms with E-state index in [-0.39, 0.29) is 23.7 Å². The van der Waals surface area contributed by atoms with E-state index in [0.29, 0.717) is 45.0 Å². The second-order valence-electron chi connectivity index (χ2n) is 9.41. The molecule has 4 N–H and O–H groups in total. The van der Waals surface area contributed by atoms with E-state index in [0.717, 1.165) is 12.1 Å². The first-order chi connectivity index (χ1) is 15.3. The number of rotatable bonds is 5. The van der Waals surface area contributed by atoms with Crippen LogP contribution in [0.4, 0.5) is 23.7 Å². The molecule has 2 heterocycles. The second kappa shape index (κ2) is 9.11. The lowest BCUT2D eigenvalue weighted by Gasteiger charge is -2.34. The first kappa shape index (κ1) is 24.7. The van der Waals surface area contributed by atoms with Gasteiger partial charge in [-0.05, 0) is 56.2 Å². The number of guanidine groups is 1. The molecule has 2 saturated heterocycles. The van der Waals surface area contributed by atoms with Gasteiger partial charge in [-0.15, -0.1) is 0 Å². The molecular weight excluding hydrogens is 439 g/mol. The predicted octanol–water partition coefficient (Wildman–Crippen LogP) is 3.83. The molecule has 2 aliphatic heterocycles. The van der Waals surface area contributed by atoms with Gasteiger partial charge in [-0.1, -0.05) is 13.8 Å². The topological polar surface area (TPSA) is 109 Å². The SMILES string of the molecule is CC(C)CC1(C)NC(=N)N(CC2CCN(C(=O)Nc3ccc(O)cc3C(F)(F)F)CC2)C1=O. The number of nitrogens with one attached hydrogen (secondary N) is 3. The second-order valence-corrected chi connectivity index (χ2v) is 9.41. The number of carbonyl (C=O) groups excluding carboxylic acids is 2. The van der Waals surface area contributed by atoms with E-state index in [2.05, 4.69) is 10.6 Å². The Morgan fingerprint density at radius 2 is 1.97 bits per heavy atom. The number of likely N-dealkylation sites (tertiary alicyclic amines) is 1. The van der Waals surface area contributed by atoms with E-state index in [4.69, 9.17) is 5.41 Å².